The molecule has 0 saturated carbocycles. The molecule has 5 heteroatoms. The Morgan fingerprint density at radius 2 is 2.18 bits per heavy atom. The van der Waals surface area contributed by atoms with Gasteiger partial charge in [0, 0.05) is 5.92 Å². The molecule has 1 aromatic rings. The Morgan fingerprint density at radius 1 is 1.55 bits per heavy atom. The Morgan fingerprint density at radius 3 is 2.45 bits per heavy atom. The SMILES string of the molecule is CC(C)c1nc(CCl)n[nH]1.Cl. The Balaban J connectivity index is 0.000001000. The number of aromatic amines is 1. The van der Waals surface area contributed by atoms with Crippen LogP contribution in [0.4, 0.5) is 0 Å². The Bertz CT molecular complexity index is 209. The maximum atomic E-state index is 5.50. The van der Waals surface area contributed by atoms with Crippen LogP contribution in [0.25, 0.3) is 0 Å². The van der Waals surface area contributed by atoms with Crippen LogP contribution in [0.15, 0.2) is 0 Å². The Labute approximate surface area is 77.0 Å². The molecule has 0 bridgehead atoms. The fourth-order valence-electron chi connectivity index (χ4n) is 0.629. The van der Waals surface area contributed by atoms with Gasteiger partial charge in [-0.2, -0.15) is 5.10 Å². The monoisotopic (exact) mass is 195 g/mol. The average molecular weight is 196 g/mol. The van der Waals surface area contributed by atoms with Crippen LogP contribution in [0.2, 0.25) is 0 Å². The van der Waals surface area contributed by atoms with Crippen molar-refractivity contribution >= 4 is 24.0 Å². The summed E-state index contributed by atoms with van der Waals surface area (Å²) in [7, 11) is 0. The first-order valence-corrected chi connectivity index (χ1v) is 3.74. The third kappa shape index (κ3) is 2.67. The van der Waals surface area contributed by atoms with Crippen molar-refractivity contribution in [2.24, 2.45) is 0 Å². The van der Waals surface area contributed by atoms with Gasteiger partial charge in [0.05, 0.1) is 5.88 Å². The van der Waals surface area contributed by atoms with Crippen molar-refractivity contribution in [2.75, 3.05) is 0 Å². The minimum atomic E-state index is 0. The lowest BCUT2D eigenvalue weighted by atomic mass is 10.2. The minimum Gasteiger partial charge on any atom is -0.263 e. The van der Waals surface area contributed by atoms with Crippen LogP contribution in [0.5, 0.6) is 0 Å². The molecule has 1 aromatic heterocycles. The minimum absolute atomic E-state index is 0. The number of alkyl halides is 1. The van der Waals surface area contributed by atoms with Gasteiger partial charge in [0.1, 0.15) is 5.82 Å². The van der Waals surface area contributed by atoms with E-state index in [-0.39, 0.29) is 12.4 Å². The van der Waals surface area contributed by atoms with Gasteiger partial charge in [-0.15, -0.1) is 24.0 Å². The van der Waals surface area contributed by atoms with Gasteiger partial charge in [0.25, 0.3) is 0 Å². The third-order valence-electron chi connectivity index (χ3n) is 1.22. The molecule has 1 N–H and O–H groups in total. The van der Waals surface area contributed by atoms with E-state index in [0.717, 1.165) is 5.82 Å². The predicted octanol–water partition coefficient (Wildman–Crippen LogP) is 2.09. The van der Waals surface area contributed by atoms with E-state index in [4.69, 9.17) is 11.6 Å². The standard InChI is InChI=1S/C6H10ClN3.ClH/c1-4(2)6-8-5(3-7)9-10-6;/h4H,3H2,1-2H3,(H,8,9,10);1H. The quantitative estimate of drug-likeness (QED) is 0.735. The number of nitrogens with one attached hydrogen (secondary N) is 1. The summed E-state index contributed by atoms with van der Waals surface area (Å²) in [5, 5.41) is 6.70. The predicted molar refractivity (Wildman–Crippen MR) is 47.3 cm³/mol. The molecule has 11 heavy (non-hydrogen) atoms. The second kappa shape index (κ2) is 4.57. The smallest absolute Gasteiger partial charge is 0.165 e. The van der Waals surface area contributed by atoms with Crippen molar-refractivity contribution in [1.29, 1.82) is 0 Å². The first-order valence-electron chi connectivity index (χ1n) is 3.21. The molecule has 1 rings (SSSR count). The fourth-order valence-corrected chi connectivity index (χ4v) is 0.748. The van der Waals surface area contributed by atoms with Crippen molar-refractivity contribution in [2.45, 2.75) is 25.6 Å². The van der Waals surface area contributed by atoms with Gasteiger partial charge in [-0.25, -0.2) is 4.98 Å². The summed E-state index contributed by atoms with van der Waals surface area (Å²) in [5.74, 6) is 2.34. The number of nitrogens with zero attached hydrogens (tertiary/aromatic N) is 2. The number of halogens is 2. The molecule has 0 amide bonds. The normalized spacial score (nSPS) is 9.82. The van der Waals surface area contributed by atoms with Crippen LogP contribution in [-0.4, -0.2) is 15.2 Å². The summed E-state index contributed by atoms with van der Waals surface area (Å²) in [4.78, 5) is 4.13. The van der Waals surface area contributed by atoms with E-state index in [9.17, 15) is 0 Å². The summed E-state index contributed by atoms with van der Waals surface area (Å²) in [6.07, 6.45) is 0. The molecule has 0 saturated heterocycles. The second-order valence-corrected chi connectivity index (χ2v) is 2.69. The molecule has 0 fully saturated rings. The molecule has 0 radical (unpaired) electrons. The molecular weight excluding hydrogens is 185 g/mol. The molecule has 0 aliphatic carbocycles. The van der Waals surface area contributed by atoms with E-state index in [1.165, 1.54) is 0 Å². The maximum Gasteiger partial charge on any atom is 0.165 e. The molecular formula is C6H11Cl2N3. The molecule has 0 atom stereocenters. The molecule has 0 unspecified atom stereocenters. The van der Waals surface area contributed by atoms with E-state index < -0.39 is 0 Å². The zero-order chi connectivity index (χ0) is 7.56. The zero-order valence-corrected chi connectivity index (χ0v) is 8.04. The molecule has 3 nitrogen and oxygen atoms in total. The molecule has 0 aliphatic heterocycles. The van der Waals surface area contributed by atoms with Crippen LogP contribution in [0, 0.1) is 0 Å². The lowest BCUT2D eigenvalue weighted by Gasteiger charge is -1.94. The van der Waals surface area contributed by atoms with Gasteiger partial charge >= 0.3 is 0 Å². The molecule has 0 aromatic carbocycles. The second-order valence-electron chi connectivity index (χ2n) is 2.43. The number of rotatable bonds is 2. The molecule has 0 aliphatic rings. The van der Waals surface area contributed by atoms with E-state index in [0.29, 0.717) is 17.6 Å². The highest BCUT2D eigenvalue weighted by Crippen LogP contribution is 2.07. The highest BCUT2D eigenvalue weighted by molar-refractivity contribution is 6.16. The lowest BCUT2D eigenvalue weighted by Crippen LogP contribution is -1.89. The lowest BCUT2D eigenvalue weighted by molar-refractivity contribution is 0.780. The van der Waals surface area contributed by atoms with Crippen molar-refractivity contribution in [3.63, 3.8) is 0 Å². The first-order chi connectivity index (χ1) is 4.74. The van der Waals surface area contributed by atoms with Crippen LogP contribution in [0.3, 0.4) is 0 Å². The van der Waals surface area contributed by atoms with Crippen LogP contribution in [-0.2, 0) is 5.88 Å². The maximum absolute atomic E-state index is 5.50. The number of aromatic nitrogens is 3. The first kappa shape index (κ1) is 10.7. The summed E-state index contributed by atoms with van der Waals surface area (Å²) in [6.45, 7) is 4.11. The summed E-state index contributed by atoms with van der Waals surface area (Å²) >= 11 is 5.50. The topological polar surface area (TPSA) is 41.6 Å². The van der Waals surface area contributed by atoms with Crippen molar-refractivity contribution in [1.82, 2.24) is 15.2 Å². The van der Waals surface area contributed by atoms with Gasteiger partial charge < -0.3 is 0 Å². The van der Waals surface area contributed by atoms with Gasteiger partial charge in [0.2, 0.25) is 0 Å². The summed E-state index contributed by atoms with van der Waals surface area (Å²) in [6, 6.07) is 0. The van der Waals surface area contributed by atoms with Crippen LogP contribution >= 0.6 is 24.0 Å². The van der Waals surface area contributed by atoms with Gasteiger partial charge in [-0.1, -0.05) is 13.8 Å². The highest BCUT2D eigenvalue weighted by Gasteiger charge is 2.04. The molecule has 1 heterocycles. The molecule has 0 spiro atoms. The average Bonchev–Trinajstić information content (AvgIpc) is 2.34. The van der Waals surface area contributed by atoms with Crippen molar-refractivity contribution in [3.8, 4) is 0 Å². The molecule has 64 valence electrons. The van der Waals surface area contributed by atoms with E-state index >= 15 is 0 Å². The van der Waals surface area contributed by atoms with E-state index in [2.05, 4.69) is 29.0 Å². The third-order valence-corrected chi connectivity index (χ3v) is 1.45. The zero-order valence-electron chi connectivity index (χ0n) is 6.47. The summed E-state index contributed by atoms with van der Waals surface area (Å²) < 4.78 is 0. The fraction of sp³-hybridized carbons (Fsp3) is 0.667. The van der Waals surface area contributed by atoms with Gasteiger partial charge in [-0.3, -0.25) is 5.10 Å². The van der Waals surface area contributed by atoms with E-state index in [1.54, 1.807) is 0 Å². The Kier molecular flexibility index (Phi) is 4.45. The summed E-state index contributed by atoms with van der Waals surface area (Å²) in [5.41, 5.74) is 0. The van der Waals surface area contributed by atoms with E-state index in [1.807, 2.05) is 0 Å². The van der Waals surface area contributed by atoms with Crippen LogP contribution < -0.4 is 0 Å². The number of hydrogen-bond donors (Lipinski definition) is 1. The number of hydrogen-bond acceptors (Lipinski definition) is 2. The largest absolute Gasteiger partial charge is 0.263 e. The highest BCUT2D eigenvalue weighted by atomic mass is 35.5. The van der Waals surface area contributed by atoms with Crippen molar-refractivity contribution in [3.05, 3.63) is 11.6 Å². The number of H-pyrrole nitrogens is 1. The Hall–Kier alpha value is -0.280. The van der Waals surface area contributed by atoms with Crippen LogP contribution in [0.1, 0.15) is 31.4 Å². The van der Waals surface area contributed by atoms with Gasteiger partial charge in [-0.05, 0) is 0 Å². The van der Waals surface area contributed by atoms with Gasteiger partial charge in [0.15, 0.2) is 5.82 Å². The van der Waals surface area contributed by atoms with Crippen molar-refractivity contribution < 1.29 is 0 Å².